The number of thiazole rings is 1. The summed E-state index contributed by atoms with van der Waals surface area (Å²) in [6, 6.07) is 6.97. The second kappa shape index (κ2) is 8.18. The lowest BCUT2D eigenvalue weighted by Gasteiger charge is -2.22. The van der Waals surface area contributed by atoms with Crippen LogP contribution in [0.15, 0.2) is 34.8 Å². The number of fused-ring (bicyclic) bond motifs is 1. The second-order valence-corrected chi connectivity index (χ2v) is 8.45. The quantitative estimate of drug-likeness (QED) is 0.510. The number of nitrogens with zero attached hydrogens (tertiary/aromatic N) is 3. The van der Waals surface area contributed by atoms with Gasteiger partial charge < -0.3 is 4.90 Å². The minimum atomic E-state index is -0.756. The number of hydrogen-bond donors (Lipinski definition) is 0. The Bertz CT molecular complexity index is 1010. The van der Waals surface area contributed by atoms with E-state index in [0.29, 0.717) is 32.8 Å². The fraction of sp³-hybridized carbons (Fsp3) is 0.222. The van der Waals surface area contributed by atoms with E-state index in [4.69, 9.17) is 11.6 Å². The number of anilines is 1. The number of carbonyl (C=O) groups excluding carboxylic acids is 1. The highest BCUT2D eigenvalue weighted by molar-refractivity contribution is 9.10. The molecule has 142 valence electrons. The van der Waals surface area contributed by atoms with Crippen molar-refractivity contribution in [3.8, 4) is 0 Å². The molecule has 0 fully saturated rings. The van der Waals surface area contributed by atoms with Crippen LogP contribution in [0.1, 0.15) is 10.4 Å². The smallest absolute Gasteiger partial charge is 0.261 e. The van der Waals surface area contributed by atoms with Gasteiger partial charge in [-0.2, -0.15) is 0 Å². The average molecular weight is 475 g/mol. The fourth-order valence-electron chi connectivity index (χ4n) is 2.45. The molecule has 27 heavy (non-hydrogen) atoms. The van der Waals surface area contributed by atoms with Crippen molar-refractivity contribution < 1.29 is 13.6 Å². The van der Waals surface area contributed by atoms with Crippen LogP contribution in [0.2, 0.25) is 5.02 Å². The third kappa shape index (κ3) is 4.45. The van der Waals surface area contributed by atoms with Crippen LogP contribution < -0.4 is 4.90 Å². The van der Waals surface area contributed by atoms with Crippen LogP contribution in [0.3, 0.4) is 0 Å². The third-order valence-electron chi connectivity index (χ3n) is 3.81. The molecule has 0 aliphatic carbocycles. The molecule has 0 aliphatic rings. The summed E-state index contributed by atoms with van der Waals surface area (Å²) in [7, 11) is 3.75. The van der Waals surface area contributed by atoms with Gasteiger partial charge in [-0.15, -0.1) is 0 Å². The second-order valence-electron chi connectivity index (χ2n) is 6.12. The summed E-state index contributed by atoms with van der Waals surface area (Å²) in [5.41, 5.74) is 0.343. The summed E-state index contributed by atoms with van der Waals surface area (Å²) in [6.07, 6.45) is 0. The van der Waals surface area contributed by atoms with Crippen LogP contribution in [0.25, 0.3) is 10.2 Å². The van der Waals surface area contributed by atoms with E-state index >= 15 is 0 Å². The first-order valence-electron chi connectivity index (χ1n) is 7.93. The summed E-state index contributed by atoms with van der Waals surface area (Å²) in [5.74, 6) is -1.80. The molecule has 0 unspecified atom stereocenters. The van der Waals surface area contributed by atoms with Crippen LogP contribution in [0, 0.1) is 11.6 Å². The van der Waals surface area contributed by atoms with Gasteiger partial charge in [0.1, 0.15) is 11.3 Å². The number of carbonyl (C=O) groups is 1. The number of halogens is 4. The molecule has 4 nitrogen and oxygen atoms in total. The van der Waals surface area contributed by atoms with Gasteiger partial charge in [0.2, 0.25) is 0 Å². The van der Waals surface area contributed by atoms with Crippen LogP contribution in [0.5, 0.6) is 0 Å². The van der Waals surface area contributed by atoms with Crippen molar-refractivity contribution >= 4 is 60.1 Å². The molecule has 0 N–H and O–H groups in total. The molecular formula is C18H15BrClF2N3OS. The standard InChI is InChI=1S/C18H15BrClF2N3OS/c1-24(2)5-6-25(17(26)12-7-10(19)3-4-13(12)20)18-23-16-14(22)8-11(21)9-15(16)27-18/h3-4,7-9H,5-6H2,1-2H3. The molecule has 0 radical (unpaired) electrons. The maximum atomic E-state index is 14.0. The molecule has 1 amide bonds. The van der Waals surface area contributed by atoms with Gasteiger partial charge in [-0.25, -0.2) is 13.8 Å². The normalized spacial score (nSPS) is 11.4. The SMILES string of the molecule is CN(C)CCN(C(=O)c1cc(Br)ccc1Cl)c1nc2c(F)cc(F)cc2s1. The van der Waals surface area contributed by atoms with Crippen molar-refractivity contribution in [3.05, 3.63) is 57.0 Å². The van der Waals surface area contributed by atoms with Gasteiger partial charge in [-0.05, 0) is 38.4 Å². The number of benzene rings is 2. The third-order valence-corrected chi connectivity index (χ3v) is 5.66. The number of hydrogen-bond acceptors (Lipinski definition) is 4. The maximum absolute atomic E-state index is 14.0. The summed E-state index contributed by atoms with van der Waals surface area (Å²) >= 11 is 10.6. The van der Waals surface area contributed by atoms with E-state index in [0.717, 1.165) is 17.4 Å². The molecule has 1 aromatic heterocycles. The average Bonchev–Trinajstić information content (AvgIpc) is 3.00. The topological polar surface area (TPSA) is 36.4 Å². The van der Waals surface area contributed by atoms with E-state index < -0.39 is 11.6 Å². The van der Waals surface area contributed by atoms with Gasteiger partial charge in [-0.1, -0.05) is 38.9 Å². The lowest BCUT2D eigenvalue weighted by atomic mass is 10.2. The molecule has 1 heterocycles. The van der Waals surface area contributed by atoms with Crippen molar-refractivity contribution in [1.29, 1.82) is 0 Å². The van der Waals surface area contributed by atoms with Crippen molar-refractivity contribution in [2.45, 2.75) is 0 Å². The highest BCUT2D eigenvalue weighted by Crippen LogP contribution is 2.33. The van der Waals surface area contributed by atoms with Crippen LogP contribution in [-0.2, 0) is 0 Å². The molecule has 0 bridgehead atoms. The van der Waals surface area contributed by atoms with Gasteiger partial charge >= 0.3 is 0 Å². The maximum Gasteiger partial charge on any atom is 0.261 e. The number of likely N-dealkylation sites (N-methyl/N-ethyl adjacent to an activating group) is 1. The first-order valence-corrected chi connectivity index (χ1v) is 9.92. The van der Waals surface area contributed by atoms with Gasteiger partial charge in [-0.3, -0.25) is 9.69 Å². The summed E-state index contributed by atoms with van der Waals surface area (Å²) in [5, 5.41) is 0.591. The van der Waals surface area contributed by atoms with Crippen LogP contribution >= 0.6 is 38.9 Å². The van der Waals surface area contributed by atoms with E-state index in [1.54, 1.807) is 18.2 Å². The predicted octanol–water partition coefficient (Wildman–Crippen LogP) is 5.20. The highest BCUT2D eigenvalue weighted by Gasteiger charge is 2.24. The molecule has 0 atom stereocenters. The largest absolute Gasteiger partial charge is 0.308 e. The van der Waals surface area contributed by atoms with E-state index in [-0.39, 0.29) is 16.6 Å². The van der Waals surface area contributed by atoms with Crippen LogP contribution in [0.4, 0.5) is 13.9 Å². The van der Waals surface area contributed by atoms with Gasteiger partial charge in [0.15, 0.2) is 10.9 Å². The lowest BCUT2D eigenvalue weighted by molar-refractivity contribution is 0.0985. The number of amides is 1. The predicted molar refractivity (Wildman–Crippen MR) is 109 cm³/mol. The minimum Gasteiger partial charge on any atom is -0.308 e. The van der Waals surface area contributed by atoms with Crippen molar-refractivity contribution in [3.63, 3.8) is 0 Å². The van der Waals surface area contributed by atoms with Gasteiger partial charge in [0.25, 0.3) is 5.91 Å². The summed E-state index contributed by atoms with van der Waals surface area (Å²) in [4.78, 5) is 20.8. The Morgan fingerprint density at radius 3 is 2.67 bits per heavy atom. The molecule has 0 spiro atoms. The summed E-state index contributed by atoms with van der Waals surface area (Å²) < 4.78 is 28.6. The first-order chi connectivity index (χ1) is 12.8. The van der Waals surface area contributed by atoms with Gasteiger partial charge in [0, 0.05) is 23.6 Å². The minimum absolute atomic E-state index is 0.0411. The van der Waals surface area contributed by atoms with E-state index in [2.05, 4.69) is 20.9 Å². The van der Waals surface area contributed by atoms with Crippen molar-refractivity contribution in [2.75, 3.05) is 32.1 Å². The Morgan fingerprint density at radius 1 is 1.22 bits per heavy atom. The zero-order valence-electron chi connectivity index (χ0n) is 14.5. The Morgan fingerprint density at radius 2 is 1.96 bits per heavy atom. The Balaban J connectivity index is 2.07. The fourth-order valence-corrected chi connectivity index (χ4v) is 4.04. The Hall–Kier alpha value is -1.61. The van der Waals surface area contributed by atoms with Gasteiger partial charge in [0.05, 0.1) is 15.3 Å². The molecule has 3 aromatic rings. The summed E-state index contributed by atoms with van der Waals surface area (Å²) in [6.45, 7) is 0.878. The monoisotopic (exact) mass is 473 g/mol. The zero-order valence-corrected chi connectivity index (χ0v) is 17.6. The molecule has 2 aromatic carbocycles. The van der Waals surface area contributed by atoms with Crippen LogP contribution in [-0.4, -0.2) is 43.0 Å². The first kappa shape index (κ1) is 20.1. The molecule has 0 saturated heterocycles. The van der Waals surface area contributed by atoms with Crippen molar-refractivity contribution in [1.82, 2.24) is 9.88 Å². The number of aromatic nitrogens is 1. The Kier molecular flexibility index (Phi) is 6.10. The van der Waals surface area contributed by atoms with Crippen molar-refractivity contribution in [2.24, 2.45) is 0 Å². The lowest BCUT2D eigenvalue weighted by Crippen LogP contribution is -2.36. The molecule has 0 aliphatic heterocycles. The van der Waals surface area contributed by atoms with E-state index in [9.17, 15) is 13.6 Å². The Labute approximate surface area is 172 Å². The zero-order chi connectivity index (χ0) is 19.7. The molecule has 9 heteroatoms. The van der Waals surface area contributed by atoms with E-state index in [1.807, 2.05) is 19.0 Å². The number of rotatable bonds is 5. The molecular weight excluding hydrogens is 460 g/mol. The molecule has 3 rings (SSSR count). The molecule has 0 saturated carbocycles. The highest BCUT2D eigenvalue weighted by atomic mass is 79.9. The van der Waals surface area contributed by atoms with E-state index in [1.165, 1.54) is 11.0 Å².